The van der Waals surface area contributed by atoms with E-state index >= 15 is 0 Å². The van der Waals surface area contributed by atoms with E-state index in [0.29, 0.717) is 6.29 Å². The summed E-state index contributed by atoms with van der Waals surface area (Å²) in [4.78, 5) is 2.40. The molecule has 3 rings (SSSR count). The van der Waals surface area contributed by atoms with Crippen molar-refractivity contribution >= 4 is 7.51 Å². The summed E-state index contributed by atoms with van der Waals surface area (Å²) < 4.78 is 25.1. The van der Waals surface area contributed by atoms with Gasteiger partial charge in [0.05, 0.1) is 0 Å². The first-order valence-electron chi connectivity index (χ1n) is 7.91. The van der Waals surface area contributed by atoms with Gasteiger partial charge in [-0.05, 0) is 0 Å². The van der Waals surface area contributed by atoms with Crippen molar-refractivity contribution in [1.82, 2.24) is 4.90 Å². The maximum atomic E-state index is 6.28. The molecule has 0 aromatic heterocycles. The van der Waals surface area contributed by atoms with E-state index in [0.717, 1.165) is 13.1 Å². The van der Waals surface area contributed by atoms with E-state index < -0.39 is 7.51 Å². The topological polar surface area (TPSA) is 40.2 Å². The Balaban J connectivity index is 1.85. The molecule has 0 aromatic rings. The number of hydrogen-bond acceptors (Lipinski definition) is 5. The van der Waals surface area contributed by atoms with Gasteiger partial charge in [-0.3, -0.25) is 0 Å². The fourth-order valence-electron chi connectivity index (χ4n) is 3.34. The predicted octanol–water partition coefficient (Wildman–Crippen LogP) is 3.29. The minimum atomic E-state index is -3.42. The first-order valence-corrected chi connectivity index (χ1v) is 10.0. The molecule has 0 N–H and O–H groups in total. The van der Waals surface area contributed by atoms with Crippen molar-refractivity contribution in [1.29, 1.82) is 0 Å². The fourth-order valence-corrected chi connectivity index (χ4v) is 8.09. The van der Waals surface area contributed by atoms with Crippen LogP contribution in [0.15, 0.2) is 0 Å². The number of hydrogen-bond donors (Lipinski definition) is 0. The van der Waals surface area contributed by atoms with Gasteiger partial charge in [0, 0.05) is 0 Å². The molecule has 0 amide bonds. The van der Waals surface area contributed by atoms with Crippen molar-refractivity contribution in [3.05, 3.63) is 0 Å². The van der Waals surface area contributed by atoms with Crippen molar-refractivity contribution in [2.45, 2.75) is 71.4 Å². The van der Waals surface area contributed by atoms with Crippen LogP contribution in [0, 0.1) is 0 Å². The molecule has 4 unspecified atom stereocenters. The average Bonchev–Trinajstić information content (AvgIpc) is 2.75. The van der Waals surface area contributed by atoms with Gasteiger partial charge in [0.2, 0.25) is 0 Å². The van der Waals surface area contributed by atoms with Gasteiger partial charge in [-0.1, -0.05) is 0 Å². The Morgan fingerprint density at radius 3 is 1.55 bits per heavy atom. The Morgan fingerprint density at radius 1 is 0.750 bits per heavy atom. The van der Waals surface area contributed by atoms with Gasteiger partial charge in [-0.2, -0.15) is 0 Å². The SMILES string of the molecule is CC1OP2(CN3CCCCC3)(OC1C)OC(C)C(C)O2. The molecule has 0 aliphatic carbocycles. The van der Waals surface area contributed by atoms with E-state index in [1.807, 2.05) is 27.7 Å². The van der Waals surface area contributed by atoms with Gasteiger partial charge in [0.25, 0.3) is 0 Å². The number of piperidine rings is 1. The molecule has 6 heteroatoms. The standard InChI is InChI=1S/C14H28NO4P/c1-11-12(2)17-20(16-11,18-13(3)14(4)19-20)10-15-8-6-5-7-9-15/h11-14H,5-10H2,1-4H3. The molecule has 3 heterocycles. The zero-order valence-electron chi connectivity index (χ0n) is 13.1. The third-order valence-electron chi connectivity index (χ3n) is 4.68. The average molecular weight is 305 g/mol. The third-order valence-corrected chi connectivity index (χ3v) is 8.50. The van der Waals surface area contributed by atoms with Crippen LogP contribution in [0.2, 0.25) is 0 Å². The van der Waals surface area contributed by atoms with Crippen LogP contribution in [-0.2, 0) is 18.1 Å². The molecule has 5 nitrogen and oxygen atoms in total. The van der Waals surface area contributed by atoms with Crippen LogP contribution >= 0.6 is 7.51 Å². The van der Waals surface area contributed by atoms with Gasteiger partial charge >= 0.3 is 121 Å². The number of rotatable bonds is 2. The van der Waals surface area contributed by atoms with Gasteiger partial charge < -0.3 is 0 Å². The minimum absolute atomic E-state index is 0.0231. The fraction of sp³-hybridized carbons (Fsp3) is 1.00. The van der Waals surface area contributed by atoms with Crippen molar-refractivity contribution in [3.63, 3.8) is 0 Å². The van der Waals surface area contributed by atoms with E-state index in [1.165, 1.54) is 19.3 Å². The van der Waals surface area contributed by atoms with Crippen molar-refractivity contribution in [3.8, 4) is 0 Å². The van der Waals surface area contributed by atoms with Gasteiger partial charge in [-0.25, -0.2) is 0 Å². The van der Waals surface area contributed by atoms with Gasteiger partial charge in [-0.15, -0.1) is 0 Å². The van der Waals surface area contributed by atoms with Crippen LogP contribution in [0.25, 0.3) is 0 Å². The summed E-state index contributed by atoms with van der Waals surface area (Å²) in [6.45, 7) is 10.3. The van der Waals surface area contributed by atoms with Crippen molar-refractivity contribution in [2.24, 2.45) is 0 Å². The summed E-state index contributed by atoms with van der Waals surface area (Å²) in [5, 5.41) is 0. The number of likely N-dealkylation sites (tertiary alicyclic amines) is 1. The van der Waals surface area contributed by atoms with E-state index in [4.69, 9.17) is 18.1 Å². The van der Waals surface area contributed by atoms with Crippen LogP contribution < -0.4 is 0 Å². The van der Waals surface area contributed by atoms with E-state index in [-0.39, 0.29) is 24.4 Å². The second-order valence-electron chi connectivity index (χ2n) is 6.53. The molecule has 0 aromatic carbocycles. The normalized spacial score (nSPS) is 46.3. The zero-order valence-corrected chi connectivity index (χ0v) is 14.0. The second-order valence-corrected chi connectivity index (χ2v) is 9.58. The maximum absolute atomic E-state index is 6.28. The summed E-state index contributed by atoms with van der Waals surface area (Å²) in [7, 11) is -3.42. The monoisotopic (exact) mass is 305 g/mol. The zero-order chi connectivity index (χ0) is 14.4. The quantitative estimate of drug-likeness (QED) is 0.732. The molecule has 3 aliphatic heterocycles. The summed E-state index contributed by atoms with van der Waals surface area (Å²) in [5.41, 5.74) is 0. The Morgan fingerprint density at radius 2 is 1.15 bits per heavy atom. The molecule has 0 saturated carbocycles. The Bertz CT molecular complexity index is 323. The van der Waals surface area contributed by atoms with Crippen molar-refractivity contribution in [2.75, 3.05) is 19.4 Å². The van der Waals surface area contributed by atoms with Crippen LogP contribution in [-0.4, -0.2) is 48.7 Å². The summed E-state index contributed by atoms with van der Waals surface area (Å²) >= 11 is 0. The van der Waals surface area contributed by atoms with E-state index in [1.54, 1.807) is 0 Å². The second kappa shape index (κ2) is 5.15. The third kappa shape index (κ3) is 2.53. The summed E-state index contributed by atoms with van der Waals surface area (Å²) in [5.74, 6) is 0. The Labute approximate surface area is 122 Å². The van der Waals surface area contributed by atoms with Crippen LogP contribution in [0.1, 0.15) is 47.0 Å². The van der Waals surface area contributed by atoms with E-state index in [9.17, 15) is 0 Å². The molecule has 118 valence electrons. The summed E-state index contributed by atoms with van der Waals surface area (Å²) in [6, 6.07) is 0. The van der Waals surface area contributed by atoms with Crippen LogP contribution in [0.5, 0.6) is 0 Å². The van der Waals surface area contributed by atoms with Crippen LogP contribution in [0.3, 0.4) is 0 Å². The first-order chi connectivity index (χ1) is 9.41. The molecule has 3 aliphatic rings. The Hall–Kier alpha value is 0.230. The molecule has 20 heavy (non-hydrogen) atoms. The predicted molar refractivity (Wildman–Crippen MR) is 79.4 cm³/mol. The molecular formula is C14H28NO4P. The molecule has 0 radical (unpaired) electrons. The summed E-state index contributed by atoms with van der Waals surface area (Å²) in [6.07, 6.45) is 4.55. The molecule has 4 atom stereocenters. The van der Waals surface area contributed by atoms with Crippen molar-refractivity contribution < 1.29 is 18.1 Å². The molecule has 3 saturated heterocycles. The van der Waals surface area contributed by atoms with Crippen LogP contribution in [0.4, 0.5) is 0 Å². The van der Waals surface area contributed by atoms with Gasteiger partial charge in [0.15, 0.2) is 0 Å². The Kier molecular flexibility index (Phi) is 3.90. The van der Waals surface area contributed by atoms with Gasteiger partial charge in [0.1, 0.15) is 0 Å². The molecular weight excluding hydrogens is 277 g/mol. The molecule has 0 bridgehead atoms. The molecule has 1 spiro atoms. The number of nitrogens with zero attached hydrogens (tertiary/aromatic N) is 1. The van der Waals surface area contributed by atoms with E-state index in [2.05, 4.69) is 4.90 Å². The first kappa shape index (κ1) is 15.1. The molecule has 3 fully saturated rings.